The second kappa shape index (κ2) is 12.2. The molecule has 0 unspecified atom stereocenters. The number of ether oxygens (including phenoxy) is 3. The highest BCUT2D eigenvalue weighted by molar-refractivity contribution is 5.90. The predicted octanol–water partition coefficient (Wildman–Crippen LogP) is 3.06. The first kappa shape index (κ1) is 27.9. The molecule has 0 spiro atoms. The third-order valence-electron chi connectivity index (χ3n) is 4.62. The number of alkyl carbamates (subject to hydrolysis) is 1. The summed E-state index contributed by atoms with van der Waals surface area (Å²) in [6.07, 6.45) is -1.85. The smallest absolute Gasteiger partial charge is 0.408 e. The van der Waals surface area contributed by atoms with Crippen LogP contribution in [0.15, 0.2) is 30.3 Å². The monoisotopic (exact) mass is 464 g/mol. The lowest BCUT2D eigenvalue weighted by Gasteiger charge is -2.34. The number of rotatable bonds is 9. The zero-order valence-corrected chi connectivity index (χ0v) is 20.7. The van der Waals surface area contributed by atoms with Gasteiger partial charge in [0.2, 0.25) is 5.91 Å². The quantitative estimate of drug-likeness (QED) is 0.442. The number of hydrogen-bond acceptors (Lipinski definition) is 7. The molecule has 0 saturated heterocycles. The Morgan fingerprint density at radius 2 is 1.61 bits per heavy atom. The van der Waals surface area contributed by atoms with E-state index in [0.717, 1.165) is 5.56 Å². The van der Waals surface area contributed by atoms with E-state index in [2.05, 4.69) is 5.32 Å². The van der Waals surface area contributed by atoms with Crippen molar-refractivity contribution < 1.29 is 33.4 Å². The van der Waals surface area contributed by atoms with Crippen molar-refractivity contribution >= 4 is 23.9 Å². The first-order valence-corrected chi connectivity index (χ1v) is 10.9. The minimum Gasteiger partial charge on any atom is -0.460 e. The summed E-state index contributed by atoms with van der Waals surface area (Å²) < 4.78 is 15.8. The lowest BCUT2D eigenvalue weighted by molar-refractivity contribution is -0.160. The van der Waals surface area contributed by atoms with Gasteiger partial charge in [-0.2, -0.15) is 0 Å². The van der Waals surface area contributed by atoms with Gasteiger partial charge in [-0.05, 0) is 39.2 Å². The van der Waals surface area contributed by atoms with Gasteiger partial charge in [0.1, 0.15) is 30.4 Å². The van der Waals surface area contributed by atoms with Crippen LogP contribution in [0, 0.1) is 5.92 Å². The van der Waals surface area contributed by atoms with Crippen LogP contribution in [0.3, 0.4) is 0 Å². The van der Waals surface area contributed by atoms with E-state index < -0.39 is 47.7 Å². The number of nitrogens with zero attached hydrogens (tertiary/aromatic N) is 1. The topological polar surface area (TPSA) is 111 Å². The molecule has 1 aromatic rings. The molecule has 3 atom stereocenters. The zero-order chi connectivity index (χ0) is 25.3. The highest BCUT2D eigenvalue weighted by atomic mass is 16.6. The van der Waals surface area contributed by atoms with E-state index in [1.54, 1.807) is 34.6 Å². The van der Waals surface area contributed by atoms with E-state index >= 15 is 0 Å². The van der Waals surface area contributed by atoms with Crippen LogP contribution in [0.4, 0.5) is 4.79 Å². The van der Waals surface area contributed by atoms with Crippen LogP contribution in [0.5, 0.6) is 0 Å². The Labute approximate surface area is 195 Å². The molecule has 0 heterocycles. The van der Waals surface area contributed by atoms with Gasteiger partial charge in [-0.1, -0.05) is 44.2 Å². The number of esters is 2. The van der Waals surface area contributed by atoms with Crippen molar-refractivity contribution in [1.29, 1.82) is 0 Å². The molecular formula is C24H36N2O7. The molecule has 0 radical (unpaired) electrons. The van der Waals surface area contributed by atoms with Gasteiger partial charge >= 0.3 is 18.0 Å². The van der Waals surface area contributed by atoms with Crippen molar-refractivity contribution in [2.24, 2.45) is 5.92 Å². The van der Waals surface area contributed by atoms with Gasteiger partial charge in [-0.3, -0.25) is 9.59 Å². The molecule has 1 aromatic carbocycles. The Kier molecular flexibility index (Phi) is 10.3. The van der Waals surface area contributed by atoms with Gasteiger partial charge in [-0.15, -0.1) is 0 Å². The fourth-order valence-electron chi connectivity index (χ4n) is 3.19. The van der Waals surface area contributed by atoms with Gasteiger partial charge in [0, 0.05) is 14.0 Å². The van der Waals surface area contributed by atoms with Gasteiger partial charge in [0.25, 0.3) is 0 Å². The Morgan fingerprint density at radius 3 is 2.09 bits per heavy atom. The summed E-state index contributed by atoms with van der Waals surface area (Å²) in [6, 6.07) is 6.99. The number of amides is 2. The molecule has 9 nitrogen and oxygen atoms in total. The maximum Gasteiger partial charge on any atom is 0.408 e. The SMILES string of the molecule is CC(=O)O[C@H](C)[C@H](NC(=O)OC(C)(C)C)C(=O)N(C)[C@H](C(=O)OCc1ccccc1)C(C)C. The van der Waals surface area contributed by atoms with E-state index in [1.165, 1.54) is 25.8 Å². The zero-order valence-electron chi connectivity index (χ0n) is 20.7. The minimum atomic E-state index is -1.27. The molecule has 184 valence electrons. The van der Waals surface area contributed by atoms with Crippen molar-refractivity contribution in [2.45, 2.75) is 78.9 Å². The Hall–Kier alpha value is -3.10. The van der Waals surface area contributed by atoms with Gasteiger partial charge < -0.3 is 24.4 Å². The molecule has 9 heteroatoms. The van der Waals surface area contributed by atoms with Crippen molar-refractivity contribution in [3.63, 3.8) is 0 Å². The van der Waals surface area contributed by atoms with Crippen molar-refractivity contribution in [3.05, 3.63) is 35.9 Å². The molecule has 2 amide bonds. The number of carbonyl (C=O) groups is 4. The number of hydrogen-bond donors (Lipinski definition) is 1. The van der Waals surface area contributed by atoms with Crippen LogP contribution in [0.1, 0.15) is 54.0 Å². The Balaban J connectivity index is 3.05. The van der Waals surface area contributed by atoms with Crippen molar-refractivity contribution in [1.82, 2.24) is 10.2 Å². The van der Waals surface area contributed by atoms with Crippen LogP contribution in [-0.4, -0.2) is 59.7 Å². The molecule has 1 N–H and O–H groups in total. The maximum absolute atomic E-state index is 13.3. The molecule has 0 aliphatic heterocycles. The van der Waals surface area contributed by atoms with E-state index in [4.69, 9.17) is 14.2 Å². The Bertz CT molecular complexity index is 818. The van der Waals surface area contributed by atoms with E-state index in [9.17, 15) is 19.2 Å². The molecular weight excluding hydrogens is 428 g/mol. The lowest BCUT2D eigenvalue weighted by Crippen LogP contribution is -2.58. The third-order valence-corrected chi connectivity index (χ3v) is 4.62. The molecule has 0 fully saturated rings. The van der Waals surface area contributed by atoms with Crippen molar-refractivity contribution in [2.75, 3.05) is 7.05 Å². The standard InChI is InChI=1S/C24H36N2O7/c1-15(2)20(22(29)31-14-18-12-10-9-11-13-18)26(8)21(28)19(16(3)32-17(4)27)25-23(30)33-24(5,6)7/h9-13,15-16,19-20H,14H2,1-8H3,(H,25,30)/t16-,19+,20+/m1/s1. The van der Waals surface area contributed by atoms with E-state index in [1.807, 2.05) is 30.3 Å². The lowest BCUT2D eigenvalue weighted by atomic mass is 10.0. The maximum atomic E-state index is 13.3. The molecule has 0 bridgehead atoms. The summed E-state index contributed by atoms with van der Waals surface area (Å²) in [7, 11) is 1.45. The van der Waals surface area contributed by atoms with Crippen LogP contribution in [-0.2, 0) is 35.2 Å². The normalized spacial score (nSPS) is 14.0. The molecule has 0 aliphatic rings. The fraction of sp³-hybridized carbons (Fsp3) is 0.583. The first-order valence-electron chi connectivity index (χ1n) is 10.9. The number of likely N-dealkylation sites (N-methyl/N-ethyl adjacent to an activating group) is 1. The first-order chi connectivity index (χ1) is 15.2. The molecule has 0 aliphatic carbocycles. The van der Waals surface area contributed by atoms with Crippen LogP contribution < -0.4 is 5.32 Å². The average molecular weight is 465 g/mol. The van der Waals surface area contributed by atoms with Gasteiger partial charge in [0.15, 0.2) is 0 Å². The fourth-order valence-corrected chi connectivity index (χ4v) is 3.19. The number of benzene rings is 1. The van der Waals surface area contributed by atoms with Crippen LogP contribution >= 0.6 is 0 Å². The van der Waals surface area contributed by atoms with Gasteiger partial charge in [0.05, 0.1) is 0 Å². The summed E-state index contributed by atoms with van der Waals surface area (Å²) in [4.78, 5) is 51.2. The summed E-state index contributed by atoms with van der Waals surface area (Å²) in [5.74, 6) is -2.10. The second-order valence-corrected chi connectivity index (χ2v) is 9.17. The minimum absolute atomic E-state index is 0.0639. The summed E-state index contributed by atoms with van der Waals surface area (Å²) >= 11 is 0. The highest BCUT2D eigenvalue weighted by Crippen LogP contribution is 2.16. The summed E-state index contributed by atoms with van der Waals surface area (Å²) in [5.41, 5.74) is 0.0194. The van der Waals surface area contributed by atoms with Gasteiger partial charge in [-0.25, -0.2) is 9.59 Å². The third kappa shape index (κ3) is 9.51. The summed E-state index contributed by atoms with van der Waals surface area (Å²) in [6.45, 7) is 11.4. The second-order valence-electron chi connectivity index (χ2n) is 9.17. The van der Waals surface area contributed by atoms with Crippen LogP contribution in [0.2, 0.25) is 0 Å². The number of carbonyl (C=O) groups excluding carboxylic acids is 4. The van der Waals surface area contributed by atoms with E-state index in [0.29, 0.717) is 0 Å². The highest BCUT2D eigenvalue weighted by Gasteiger charge is 2.38. The molecule has 33 heavy (non-hydrogen) atoms. The molecule has 0 saturated carbocycles. The predicted molar refractivity (Wildman–Crippen MR) is 122 cm³/mol. The molecule has 0 aromatic heterocycles. The van der Waals surface area contributed by atoms with E-state index in [-0.39, 0.29) is 12.5 Å². The average Bonchev–Trinajstić information content (AvgIpc) is 2.68. The molecule has 1 rings (SSSR count). The van der Waals surface area contributed by atoms with Crippen molar-refractivity contribution in [3.8, 4) is 0 Å². The summed E-state index contributed by atoms with van der Waals surface area (Å²) in [5, 5.41) is 2.47. The van der Waals surface area contributed by atoms with Crippen LogP contribution in [0.25, 0.3) is 0 Å². The largest absolute Gasteiger partial charge is 0.460 e. The Morgan fingerprint density at radius 1 is 1.03 bits per heavy atom. The number of nitrogens with one attached hydrogen (secondary N) is 1.